The van der Waals surface area contributed by atoms with Gasteiger partial charge < -0.3 is 9.30 Å². The highest BCUT2D eigenvalue weighted by Gasteiger charge is 2.33. The van der Waals surface area contributed by atoms with Gasteiger partial charge in [0.15, 0.2) is 0 Å². The first-order valence-corrected chi connectivity index (χ1v) is 9.33. The Balaban J connectivity index is 1.81. The molecular formula is C16H19N5O3S. The smallest absolute Gasteiger partial charge is 0.246 e. The standard InChI is InChI=1S/C16H19N5O3S/c1-20-11-18-19-16(20)13-5-7-21(8-6-13)25(22,23)15-4-3-12(10-17)9-14(15)24-2/h3-4,9,11,13H,5-8H2,1-2H3. The normalized spacial score (nSPS) is 16.5. The average Bonchev–Trinajstić information content (AvgIpc) is 3.07. The monoisotopic (exact) mass is 361 g/mol. The van der Waals surface area contributed by atoms with Crippen molar-refractivity contribution in [1.82, 2.24) is 19.1 Å². The predicted octanol–water partition coefficient (Wildman–Crippen LogP) is 1.26. The van der Waals surface area contributed by atoms with Gasteiger partial charge in [0.1, 0.15) is 22.8 Å². The average molecular weight is 361 g/mol. The molecule has 2 heterocycles. The van der Waals surface area contributed by atoms with Crippen molar-refractivity contribution in [2.75, 3.05) is 20.2 Å². The minimum absolute atomic E-state index is 0.0890. The lowest BCUT2D eigenvalue weighted by Crippen LogP contribution is -2.38. The molecule has 8 nitrogen and oxygen atoms in total. The van der Waals surface area contributed by atoms with E-state index in [0.717, 1.165) is 5.82 Å². The predicted molar refractivity (Wildman–Crippen MR) is 89.4 cm³/mol. The van der Waals surface area contributed by atoms with Gasteiger partial charge in [-0.1, -0.05) is 0 Å². The first kappa shape index (κ1) is 17.4. The Hall–Kier alpha value is -2.44. The van der Waals surface area contributed by atoms with E-state index < -0.39 is 10.0 Å². The molecule has 0 spiro atoms. The van der Waals surface area contributed by atoms with Gasteiger partial charge in [-0.3, -0.25) is 0 Å². The van der Waals surface area contributed by atoms with Gasteiger partial charge in [-0.15, -0.1) is 10.2 Å². The zero-order chi connectivity index (χ0) is 18.0. The van der Waals surface area contributed by atoms with Crippen LogP contribution in [0.4, 0.5) is 0 Å². The molecule has 0 aliphatic carbocycles. The van der Waals surface area contributed by atoms with E-state index in [9.17, 15) is 8.42 Å². The third kappa shape index (κ3) is 3.23. The largest absolute Gasteiger partial charge is 0.495 e. The minimum atomic E-state index is -3.68. The number of nitriles is 1. The Morgan fingerprint density at radius 3 is 2.60 bits per heavy atom. The summed E-state index contributed by atoms with van der Waals surface area (Å²) in [6.45, 7) is 0.812. The summed E-state index contributed by atoms with van der Waals surface area (Å²) in [7, 11) is -0.388. The van der Waals surface area contributed by atoms with Crippen LogP contribution < -0.4 is 4.74 Å². The molecule has 3 rings (SSSR count). The molecule has 0 amide bonds. The molecule has 0 saturated carbocycles. The lowest BCUT2D eigenvalue weighted by Gasteiger charge is -2.31. The third-order valence-corrected chi connectivity index (χ3v) is 6.41. The maximum absolute atomic E-state index is 13.0. The van der Waals surface area contributed by atoms with Gasteiger partial charge in [0.25, 0.3) is 0 Å². The van der Waals surface area contributed by atoms with Gasteiger partial charge in [-0.25, -0.2) is 8.42 Å². The van der Waals surface area contributed by atoms with Gasteiger partial charge in [0.2, 0.25) is 10.0 Å². The van der Waals surface area contributed by atoms with Crippen LogP contribution in [0.15, 0.2) is 29.4 Å². The summed E-state index contributed by atoms with van der Waals surface area (Å²) in [5.74, 6) is 1.27. The van der Waals surface area contributed by atoms with Crippen LogP contribution in [0, 0.1) is 11.3 Å². The van der Waals surface area contributed by atoms with Crippen molar-refractivity contribution >= 4 is 10.0 Å². The van der Waals surface area contributed by atoms with Crippen molar-refractivity contribution in [2.24, 2.45) is 7.05 Å². The van der Waals surface area contributed by atoms with Gasteiger partial charge in [-0.05, 0) is 31.0 Å². The number of benzene rings is 1. The molecule has 2 aromatic rings. The summed E-state index contributed by atoms with van der Waals surface area (Å²) in [5, 5.41) is 17.0. The summed E-state index contributed by atoms with van der Waals surface area (Å²) in [6, 6.07) is 6.35. The molecule has 1 aliphatic heterocycles. The molecule has 0 unspecified atom stereocenters. The number of rotatable bonds is 4. The van der Waals surface area contributed by atoms with Crippen LogP contribution in [0.5, 0.6) is 5.75 Å². The summed E-state index contributed by atoms with van der Waals surface area (Å²) in [4.78, 5) is 0.0890. The van der Waals surface area contributed by atoms with Crippen LogP contribution in [0.1, 0.15) is 30.1 Å². The van der Waals surface area contributed by atoms with Crippen molar-refractivity contribution in [1.29, 1.82) is 5.26 Å². The summed E-state index contributed by atoms with van der Waals surface area (Å²) in [6.07, 6.45) is 3.02. The van der Waals surface area contributed by atoms with Crippen molar-refractivity contribution in [3.63, 3.8) is 0 Å². The number of ether oxygens (including phenoxy) is 1. The third-order valence-electron chi connectivity index (χ3n) is 4.48. The van der Waals surface area contributed by atoms with Crippen molar-refractivity contribution in [3.05, 3.63) is 35.9 Å². The van der Waals surface area contributed by atoms with Gasteiger partial charge in [0.05, 0.1) is 18.7 Å². The van der Waals surface area contributed by atoms with Crippen LogP contribution in [0.2, 0.25) is 0 Å². The number of hydrogen-bond donors (Lipinski definition) is 0. The minimum Gasteiger partial charge on any atom is -0.495 e. The molecule has 132 valence electrons. The maximum atomic E-state index is 13.0. The second-order valence-corrected chi connectivity index (χ2v) is 7.86. The van der Waals surface area contributed by atoms with E-state index in [-0.39, 0.29) is 16.6 Å². The Kier molecular flexibility index (Phi) is 4.74. The lowest BCUT2D eigenvalue weighted by atomic mass is 9.97. The molecule has 1 aromatic carbocycles. The van der Waals surface area contributed by atoms with E-state index in [1.807, 2.05) is 17.7 Å². The van der Waals surface area contributed by atoms with E-state index >= 15 is 0 Å². The highest BCUT2D eigenvalue weighted by molar-refractivity contribution is 7.89. The molecule has 0 N–H and O–H groups in total. The number of piperidine rings is 1. The Morgan fingerprint density at radius 2 is 2.04 bits per heavy atom. The zero-order valence-corrected chi connectivity index (χ0v) is 14.9. The summed E-state index contributed by atoms with van der Waals surface area (Å²) >= 11 is 0. The van der Waals surface area contributed by atoms with E-state index in [2.05, 4.69) is 10.2 Å². The summed E-state index contributed by atoms with van der Waals surface area (Å²) < 4.78 is 34.4. The van der Waals surface area contributed by atoms with Crippen LogP contribution in [-0.4, -0.2) is 47.7 Å². The molecule has 9 heteroatoms. The highest BCUT2D eigenvalue weighted by atomic mass is 32.2. The molecule has 1 aliphatic rings. The number of aromatic nitrogens is 3. The van der Waals surface area contributed by atoms with Crippen molar-refractivity contribution < 1.29 is 13.2 Å². The van der Waals surface area contributed by atoms with E-state index in [0.29, 0.717) is 31.5 Å². The number of nitrogens with zero attached hydrogens (tertiary/aromatic N) is 5. The SMILES string of the molecule is COc1cc(C#N)ccc1S(=O)(=O)N1CCC(c2nncn2C)CC1. The van der Waals surface area contributed by atoms with Crippen molar-refractivity contribution in [3.8, 4) is 11.8 Å². The maximum Gasteiger partial charge on any atom is 0.246 e. The van der Waals surface area contributed by atoms with Gasteiger partial charge >= 0.3 is 0 Å². The number of hydrogen-bond acceptors (Lipinski definition) is 6. The molecular weight excluding hydrogens is 342 g/mol. The van der Waals surface area contributed by atoms with Crippen LogP contribution in [-0.2, 0) is 17.1 Å². The molecule has 0 atom stereocenters. The number of methoxy groups -OCH3 is 1. The highest BCUT2D eigenvalue weighted by Crippen LogP contribution is 2.32. The van der Waals surface area contributed by atoms with E-state index in [4.69, 9.17) is 10.00 Å². The fraction of sp³-hybridized carbons (Fsp3) is 0.438. The second kappa shape index (κ2) is 6.82. The molecule has 1 saturated heterocycles. The molecule has 0 radical (unpaired) electrons. The lowest BCUT2D eigenvalue weighted by molar-refractivity contribution is 0.309. The fourth-order valence-electron chi connectivity index (χ4n) is 3.11. The first-order chi connectivity index (χ1) is 12.0. The molecule has 1 aromatic heterocycles. The van der Waals surface area contributed by atoms with Crippen molar-refractivity contribution in [2.45, 2.75) is 23.7 Å². The molecule has 25 heavy (non-hydrogen) atoms. The quantitative estimate of drug-likeness (QED) is 0.813. The Bertz CT molecular complexity index is 908. The van der Waals surface area contributed by atoms with Crippen LogP contribution in [0.25, 0.3) is 0 Å². The molecule has 0 bridgehead atoms. The first-order valence-electron chi connectivity index (χ1n) is 7.89. The van der Waals surface area contributed by atoms with Gasteiger partial charge in [-0.2, -0.15) is 9.57 Å². The fourth-order valence-corrected chi connectivity index (χ4v) is 4.71. The Labute approximate surface area is 146 Å². The Morgan fingerprint density at radius 1 is 1.32 bits per heavy atom. The zero-order valence-electron chi connectivity index (χ0n) is 14.1. The topological polar surface area (TPSA) is 101 Å². The summed E-state index contributed by atoms with van der Waals surface area (Å²) in [5.41, 5.74) is 0.358. The molecule has 1 fully saturated rings. The number of aryl methyl sites for hydroxylation is 1. The van der Waals surface area contributed by atoms with Gasteiger partial charge in [0, 0.05) is 26.1 Å². The van der Waals surface area contributed by atoms with Crippen LogP contribution in [0.3, 0.4) is 0 Å². The second-order valence-electron chi connectivity index (χ2n) is 5.96. The van der Waals surface area contributed by atoms with E-state index in [1.165, 1.54) is 29.6 Å². The van der Waals surface area contributed by atoms with E-state index in [1.54, 1.807) is 6.33 Å². The van der Waals surface area contributed by atoms with Crippen LogP contribution >= 0.6 is 0 Å². The number of sulfonamides is 1.